The summed E-state index contributed by atoms with van der Waals surface area (Å²) in [6.07, 6.45) is 2.20. The summed E-state index contributed by atoms with van der Waals surface area (Å²) in [4.78, 5) is 7.61. The molecule has 1 saturated carbocycles. The van der Waals surface area contributed by atoms with Gasteiger partial charge in [-0.25, -0.2) is 9.37 Å². The summed E-state index contributed by atoms with van der Waals surface area (Å²) < 4.78 is 15.4. The average Bonchev–Trinajstić information content (AvgIpc) is 3.24. The van der Waals surface area contributed by atoms with Gasteiger partial charge in [0.05, 0.1) is 10.7 Å². The molecule has 1 N–H and O–H groups in total. The van der Waals surface area contributed by atoms with E-state index in [4.69, 9.17) is 23.8 Å². The Balaban J connectivity index is 2.24. The fourth-order valence-electron chi connectivity index (χ4n) is 2.09. The van der Waals surface area contributed by atoms with Gasteiger partial charge in [0.2, 0.25) is 0 Å². The number of nitrogens with zero attached hydrogens (tertiary/aromatic N) is 1. The van der Waals surface area contributed by atoms with Crippen LogP contribution in [0.15, 0.2) is 16.6 Å². The summed E-state index contributed by atoms with van der Waals surface area (Å²) in [5, 5.41) is 0.0750. The van der Waals surface area contributed by atoms with Crippen molar-refractivity contribution in [3.63, 3.8) is 0 Å². The minimum atomic E-state index is -0.456. The van der Waals surface area contributed by atoms with Gasteiger partial charge >= 0.3 is 0 Å². The smallest absolute Gasteiger partial charge is 0.152 e. The van der Waals surface area contributed by atoms with E-state index >= 15 is 0 Å². The Bertz CT molecular complexity index is 756. The van der Waals surface area contributed by atoms with Crippen molar-refractivity contribution in [2.24, 2.45) is 0 Å². The van der Waals surface area contributed by atoms with Crippen LogP contribution in [-0.4, -0.2) is 9.97 Å². The van der Waals surface area contributed by atoms with Crippen LogP contribution >= 0.6 is 39.7 Å². The van der Waals surface area contributed by atoms with Gasteiger partial charge in [0.25, 0.3) is 0 Å². The second kappa shape index (κ2) is 5.20. The third-order valence-electron chi connectivity index (χ3n) is 3.44. The van der Waals surface area contributed by atoms with Crippen molar-refractivity contribution < 1.29 is 4.39 Å². The van der Waals surface area contributed by atoms with Crippen LogP contribution in [-0.2, 0) is 0 Å². The van der Waals surface area contributed by atoms with Crippen LogP contribution in [0.2, 0.25) is 5.02 Å². The minimum Gasteiger partial charge on any atom is -0.343 e. The van der Waals surface area contributed by atoms with E-state index in [-0.39, 0.29) is 5.02 Å². The van der Waals surface area contributed by atoms with Crippen LogP contribution in [0.25, 0.3) is 11.3 Å². The predicted octanol–water partition coefficient (Wildman–Crippen LogP) is 5.55. The van der Waals surface area contributed by atoms with Crippen LogP contribution in [0, 0.1) is 17.4 Å². The maximum Gasteiger partial charge on any atom is 0.152 e. The average molecular weight is 374 g/mol. The second-order valence-corrected chi connectivity index (χ2v) is 6.54. The fraction of sp³-hybridized carbons (Fsp3) is 0.286. The molecule has 0 saturated heterocycles. The Morgan fingerprint density at radius 1 is 1.45 bits per heavy atom. The van der Waals surface area contributed by atoms with Crippen LogP contribution < -0.4 is 0 Å². The molecule has 3 rings (SSSR count). The van der Waals surface area contributed by atoms with E-state index in [1.54, 1.807) is 12.1 Å². The van der Waals surface area contributed by atoms with E-state index in [9.17, 15) is 4.39 Å². The van der Waals surface area contributed by atoms with Gasteiger partial charge in [-0.1, -0.05) is 23.8 Å². The van der Waals surface area contributed by atoms with Crippen molar-refractivity contribution in [3.8, 4) is 11.3 Å². The minimum absolute atomic E-state index is 0.0750. The molecule has 0 bridgehead atoms. The molecule has 0 aliphatic heterocycles. The van der Waals surface area contributed by atoms with E-state index in [1.165, 1.54) is 0 Å². The zero-order valence-electron chi connectivity index (χ0n) is 10.6. The largest absolute Gasteiger partial charge is 0.343 e. The summed E-state index contributed by atoms with van der Waals surface area (Å²) in [5.74, 6) is 0.807. The van der Waals surface area contributed by atoms with Gasteiger partial charge in [-0.05, 0) is 47.8 Å². The molecule has 1 aromatic heterocycles. The molecular weight excluding hydrogens is 363 g/mol. The first kappa shape index (κ1) is 14.2. The summed E-state index contributed by atoms with van der Waals surface area (Å²) >= 11 is 14.5. The molecule has 0 unspecified atom stereocenters. The number of H-pyrrole nitrogens is 1. The molecule has 20 heavy (non-hydrogen) atoms. The molecule has 1 fully saturated rings. The highest BCUT2D eigenvalue weighted by molar-refractivity contribution is 9.10. The van der Waals surface area contributed by atoms with Crippen LogP contribution in [0.5, 0.6) is 0 Å². The number of rotatable bonds is 2. The third-order valence-corrected chi connectivity index (χ3v) is 5.10. The first-order chi connectivity index (χ1) is 9.49. The molecule has 2 aromatic rings. The molecule has 2 nitrogen and oxygen atoms in total. The molecule has 1 aromatic carbocycles. The zero-order chi connectivity index (χ0) is 14.4. The lowest BCUT2D eigenvalue weighted by molar-refractivity contribution is 0.630. The predicted molar refractivity (Wildman–Crippen MR) is 84.2 cm³/mol. The van der Waals surface area contributed by atoms with Crippen LogP contribution in [0.4, 0.5) is 4.39 Å². The lowest BCUT2D eigenvalue weighted by atomic mass is 10.1. The van der Waals surface area contributed by atoms with Crippen molar-refractivity contribution in [2.75, 3.05) is 0 Å². The monoisotopic (exact) mass is 372 g/mol. The van der Waals surface area contributed by atoms with E-state index in [0.717, 1.165) is 24.2 Å². The summed E-state index contributed by atoms with van der Waals surface area (Å²) in [7, 11) is 0. The summed E-state index contributed by atoms with van der Waals surface area (Å²) in [6.45, 7) is 1.84. The Morgan fingerprint density at radius 2 is 2.15 bits per heavy atom. The quantitative estimate of drug-likeness (QED) is 0.552. The van der Waals surface area contributed by atoms with Gasteiger partial charge in [-0.15, -0.1) is 0 Å². The number of aromatic amines is 1. The van der Waals surface area contributed by atoms with Crippen LogP contribution in [0.3, 0.4) is 0 Å². The number of benzene rings is 1. The normalized spacial score (nSPS) is 14.6. The second-order valence-electron chi connectivity index (χ2n) is 4.92. The molecule has 104 valence electrons. The standard InChI is InChI=1S/C14H11BrClFN2S/c1-6-12(8-4-5-9(15)10(16)11(8)17)18-13(7-2-3-7)19-14(6)20/h4-5,7H,2-3H2,1H3,(H,18,19,20). The fourth-order valence-corrected chi connectivity index (χ4v) is 2.76. The van der Waals surface area contributed by atoms with Gasteiger partial charge in [0, 0.05) is 21.5 Å². The first-order valence-electron chi connectivity index (χ1n) is 6.23. The highest BCUT2D eigenvalue weighted by Crippen LogP contribution is 2.40. The Morgan fingerprint density at radius 3 is 2.80 bits per heavy atom. The highest BCUT2D eigenvalue weighted by atomic mass is 79.9. The summed E-state index contributed by atoms with van der Waals surface area (Å²) in [6, 6.07) is 3.42. The van der Waals surface area contributed by atoms with Gasteiger partial charge in [-0.3, -0.25) is 0 Å². The number of halogens is 3. The van der Waals surface area contributed by atoms with Crippen molar-refractivity contribution in [1.82, 2.24) is 9.97 Å². The van der Waals surface area contributed by atoms with Crippen molar-refractivity contribution in [2.45, 2.75) is 25.7 Å². The Kier molecular flexibility index (Phi) is 3.69. The van der Waals surface area contributed by atoms with Crippen molar-refractivity contribution in [1.29, 1.82) is 0 Å². The van der Waals surface area contributed by atoms with E-state index in [2.05, 4.69) is 25.9 Å². The van der Waals surface area contributed by atoms with Gasteiger partial charge in [0.1, 0.15) is 10.5 Å². The number of hydrogen-bond acceptors (Lipinski definition) is 2. The van der Waals surface area contributed by atoms with Gasteiger partial charge in [-0.2, -0.15) is 0 Å². The third kappa shape index (κ3) is 2.43. The first-order valence-corrected chi connectivity index (χ1v) is 7.81. The maximum absolute atomic E-state index is 14.4. The van der Waals surface area contributed by atoms with E-state index < -0.39 is 5.82 Å². The SMILES string of the molecule is Cc1c(-c2ccc(Br)c(Cl)c2F)[nH]c(C2CC2)nc1=S. The van der Waals surface area contributed by atoms with Crippen LogP contribution in [0.1, 0.15) is 30.1 Å². The molecule has 0 amide bonds. The molecule has 0 spiro atoms. The molecule has 0 atom stereocenters. The zero-order valence-corrected chi connectivity index (χ0v) is 13.8. The van der Waals surface area contributed by atoms with E-state index in [1.807, 2.05) is 6.92 Å². The van der Waals surface area contributed by atoms with Crippen molar-refractivity contribution >= 4 is 39.7 Å². The Hall–Kier alpha value is -0.780. The number of aromatic nitrogens is 2. The lowest BCUT2D eigenvalue weighted by Gasteiger charge is -2.11. The molecule has 6 heteroatoms. The molecule has 1 aliphatic rings. The maximum atomic E-state index is 14.4. The van der Waals surface area contributed by atoms with E-state index in [0.29, 0.717) is 26.3 Å². The highest BCUT2D eigenvalue weighted by Gasteiger charge is 2.27. The molecular formula is C14H11BrClFN2S. The molecule has 0 radical (unpaired) electrons. The van der Waals surface area contributed by atoms with Gasteiger partial charge < -0.3 is 4.98 Å². The molecule has 1 aliphatic carbocycles. The summed E-state index contributed by atoms with van der Waals surface area (Å²) in [5.41, 5.74) is 1.85. The number of hydrogen-bond donors (Lipinski definition) is 1. The Labute approximate surface area is 134 Å². The topological polar surface area (TPSA) is 28.7 Å². The number of nitrogens with one attached hydrogen (secondary N) is 1. The van der Waals surface area contributed by atoms with Crippen molar-refractivity contribution in [3.05, 3.63) is 43.5 Å². The lowest BCUT2D eigenvalue weighted by Crippen LogP contribution is -2.01. The molecule has 1 heterocycles. The van der Waals surface area contributed by atoms with Gasteiger partial charge in [0.15, 0.2) is 5.82 Å².